The number of hydrogen-bond acceptors (Lipinski definition) is 30. The van der Waals surface area contributed by atoms with Crippen molar-refractivity contribution in [2.45, 2.75) is 231 Å². The van der Waals surface area contributed by atoms with Crippen LogP contribution in [0.4, 0.5) is 57.7 Å². The number of amides is 11. The quantitative estimate of drug-likeness (QED) is 0.00962. The van der Waals surface area contributed by atoms with Crippen molar-refractivity contribution < 1.29 is 98.5 Å². The summed E-state index contributed by atoms with van der Waals surface area (Å²) in [5.74, 6) is -4.20. The standard InChI is InChI=1S/C53H66N10O10S.C30H38N6O5S.C24H31N3O6/c1-35-33-56-52(59-49(35)57-37-13-11-14-40(31-37)74(71,72)60-53(2,3)4)58-36-17-19-38(20-18-36)61-27-29-62(30-28-61)47(68)24-23-45(66)54-25-9-7-5-6-8-10-26-55-46(67)34-73-44-16-12-15-41-48(44)51(70)63(50(41)69)42-22-21-39(64)32-43(42)65;1-21-19-31-29(34-28(21)32-23-6-5-7-25(18-23)42(40,41)20-30(2,3)4)33-22-8-10-24(11-9-22)35-14-16-36(17-15-35)26(37)12-13-27(38)39;1-2-3-4-5-6-7-8-14-25-20(29)15-33-18-11-9-10-16-21(18)24(32)27(23(16)31)17-12-13-19(28)26-22(17)30/h11-20,31,33,42,60H,5-10,21-30,32,34H2,1-4H3,(H,54,66)(H,55,67)(H2,56,57,58,59);5-11,18-19H,12-17,20H2,1-4H3,(H,38,39)(H2,31,32,33,34);9-11,17H,2-8,12-15H2,1H3,(H,25,29)(H,26,28,30). The van der Waals surface area contributed by atoms with Crippen LogP contribution >= 0.6 is 0 Å². The number of benzene rings is 6. The van der Waals surface area contributed by atoms with Crippen molar-refractivity contribution in [3.63, 3.8) is 0 Å². The molecule has 6 aromatic carbocycles. The zero-order valence-electron chi connectivity index (χ0n) is 85.9. The number of aryl methyl sites for hydroxylation is 2. The van der Waals surface area contributed by atoms with E-state index in [9.17, 15) is 84.0 Å². The normalized spacial score (nSPS) is 15.8. The number of ether oxygens (including phenoxy) is 2. The molecule has 2 unspecified atom stereocenters. The van der Waals surface area contributed by atoms with Crippen molar-refractivity contribution in [1.29, 1.82) is 0 Å². The van der Waals surface area contributed by atoms with Gasteiger partial charge in [0.15, 0.2) is 28.8 Å². The lowest BCUT2D eigenvalue weighted by Crippen LogP contribution is -2.54. The van der Waals surface area contributed by atoms with Gasteiger partial charge >= 0.3 is 5.97 Å². The number of piperazine rings is 2. The lowest BCUT2D eigenvalue weighted by Gasteiger charge is -2.36. The van der Waals surface area contributed by atoms with Crippen LogP contribution in [-0.4, -0.2) is 253 Å². The Morgan fingerprint density at radius 3 is 1.33 bits per heavy atom. The molecule has 149 heavy (non-hydrogen) atoms. The molecule has 14 rings (SSSR count). The van der Waals surface area contributed by atoms with Crippen LogP contribution in [0.2, 0.25) is 0 Å². The maximum absolute atomic E-state index is 13.3. The maximum atomic E-state index is 13.3. The Hall–Kier alpha value is -14.7. The van der Waals surface area contributed by atoms with E-state index in [1.165, 1.54) is 49.9 Å². The van der Waals surface area contributed by atoms with Gasteiger partial charge in [0.05, 0.1) is 56.7 Å². The molecule has 40 nitrogen and oxygen atoms in total. The number of Topliss-reactive ketones (excluding diaryl/α,β-unsaturated/α-hetero) is 2. The molecular weight excluding hydrogens is 1950 g/mol. The Kier molecular flexibility index (Phi) is 40.0. The van der Waals surface area contributed by atoms with E-state index < -0.39 is 84.7 Å². The number of sulfone groups is 1. The largest absolute Gasteiger partial charge is 0.483 e. The summed E-state index contributed by atoms with van der Waals surface area (Å²) in [7, 11) is -7.17. The fraction of sp³-hybridized carbons (Fsp3) is 0.458. The topological polar surface area (TPSA) is 525 Å². The fourth-order valence-corrected chi connectivity index (χ4v) is 21.1. The number of piperidine rings is 1. The molecule has 3 saturated heterocycles. The lowest BCUT2D eigenvalue weighted by atomic mass is 9.92. The molecule has 11 amide bonds. The molecule has 8 aromatic rings. The average Bonchev–Trinajstić information content (AvgIpc) is 1.60. The number of unbranched alkanes of at least 4 members (excludes halogenated alkanes) is 11. The summed E-state index contributed by atoms with van der Waals surface area (Å²) in [6, 6.07) is 36.0. The van der Waals surface area contributed by atoms with Crippen LogP contribution in [0, 0.1) is 19.3 Å². The van der Waals surface area contributed by atoms with Gasteiger partial charge in [0.1, 0.15) is 35.0 Å². The van der Waals surface area contributed by atoms with Crippen molar-refractivity contribution >= 4 is 160 Å². The lowest BCUT2D eigenvalue weighted by molar-refractivity contribution is -0.141. The third-order valence-corrected chi connectivity index (χ3v) is 29.4. The minimum atomic E-state index is -3.72. The highest BCUT2D eigenvalue weighted by molar-refractivity contribution is 7.91. The van der Waals surface area contributed by atoms with E-state index in [-0.39, 0.29) is 161 Å². The summed E-state index contributed by atoms with van der Waals surface area (Å²) in [5, 5.41) is 32.4. The third kappa shape index (κ3) is 32.9. The first-order valence-electron chi connectivity index (χ1n) is 50.7. The number of carboxylic acids is 1. The van der Waals surface area contributed by atoms with Gasteiger partial charge in [0.25, 0.3) is 35.4 Å². The van der Waals surface area contributed by atoms with Crippen LogP contribution < -0.4 is 66.5 Å². The molecule has 2 aromatic heterocycles. The van der Waals surface area contributed by atoms with Gasteiger partial charge in [-0.2, -0.15) is 9.97 Å². The van der Waals surface area contributed by atoms with Crippen molar-refractivity contribution in [2.24, 2.45) is 5.41 Å². The number of aromatic nitrogens is 4. The SMILES string of the molecule is CCCCCCCCCNC(=O)COc1cccc2c1C(=O)N(C1CCC(=O)NC1=O)C2=O.Cc1cnc(Nc2ccc(N3CCN(C(=O)CCC(=O)NCCCCCCCCNC(=O)COc4cccc5c4C(=O)N(C4CCC(=O)CC4=O)C5=O)CC3)cc2)nc1Nc1cccc(S(=O)(=O)NC(C)(C)C)c1.Cc1cnc(Nc2ccc(N3CCN(C(=O)CCC(=O)O)CC3)cc2)nc1Nc1cccc(S(=O)(=O)CC(C)(C)C)c1. The van der Waals surface area contributed by atoms with E-state index in [0.29, 0.717) is 107 Å². The summed E-state index contributed by atoms with van der Waals surface area (Å²) < 4.78 is 65.5. The molecule has 10 N–H and O–H groups in total. The van der Waals surface area contributed by atoms with Gasteiger partial charge in [-0.05, 0) is 181 Å². The molecule has 5 aliphatic heterocycles. The number of hydrogen-bond donors (Lipinski definition) is 10. The summed E-state index contributed by atoms with van der Waals surface area (Å²) in [4.78, 5) is 201. The van der Waals surface area contributed by atoms with Crippen LogP contribution in [0.15, 0.2) is 156 Å². The van der Waals surface area contributed by atoms with E-state index in [1.54, 1.807) is 98.7 Å². The first-order chi connectivity index (χ1) is 71.1. The van der Waals surface area contributed by atoms with Gasteiger partial charge in [-0.3, -0.25) is 82.2 Å². The second-order valence-electron chi connectivity index (χ2n) is 39.8. The molecule has 6 aliphatic rings. The number of aliphatic carboxylic acids is 1. The monoisotopic (exact) mass is 2090 g/mol. The second kappa shape index (κ2) is 52.8. The number of rotatable bonds is 45. The molecule has 7 heterocycles. The summed E-state index contributed by atoms with van der Waals surface area (Å²) >= 11 is 0. The van der Waals surface area contributed by atoms with Gasteiger partial charge in [-0.25, -0.2) is 31.5 Å². The van der Waals surface area contributed by atoms with E-state index in [2.05, 4.69) is 83.9 Å². The number of nitrogens with one attached hydrogen (secondary N) is 9. The van der Waals surface area contributed by atoms with Gasteiger partial charge in [0, 0.05) is 167 Å². The van der Waals surface area contributed by atoms with E-state index in [0.717, 1.165) is 101 Å². The molecule has 0 radical (unpaired) electrons. The number of carbonyl (C=O) groups is 14. The first kappa shape index (κ1) is 113. The van der Waals surface area contributed by atoms with E-state index in [1.807, 2.05) is 88.0 Å². The predicted molar refractivity (Wildman–Crippen MR) is 561 cm³/mol. The Labute approximate surface area is 868 Å². The number of fused-ring (bicyclic) bond motifs is 2. The van der Waals surface area contributed by atoms with Crippen LogP contribution in [0.3, 0.4) is 0 Å². The highest BCUT2D eigenvalue weighted by Gasteiger charge is 2.48. The van der Waals surface area contributed by atoms with Crippen LogP contribution in [0.1, 0.15) is 242 Å². The maximum Gasteiger partial charge on any atom is 0.303 e. The van der Waals surface area contributed by atoms with Crippen LogP contribution in [0.5, 0.6) is 11.5 Å². The van der Waals surface area contributed by atoms with Gasteiger partial charge in [0.2, 0.25) is 51.5 Å². The van der Waals surface area contributed by atoms with Crippen LogP contribution in [0.25, 0.3) is 0 Å². The van der Waals surface area contributed by atoms with Crippen LogP contribution in [-0.2, 0) is 67.8 Å². The third-order valence-electron chi connectivity index (χ3n) is 25.4. The van der Waals surface area contributed by atoms with Crippen molar-refractivity contribution in [3.8, 4) is 11.5 Å². The van der Waals surface area contributed by atoms with Gasteiger partial charge in [-0.1, -0.05) is 116 Å². The van der Waals surface area contributed by atoms with Gasteiger partial charge < -0.3 is 71.4 Å². The molecule has 42 heteroatoms. The number of sulfonamides is 1. The molecular formula is C107H135N19O21S2. The second-order valence-corrected chi connectivity index (χ2v) is 43.5. The first-order valence-corrected chi connectivity index (χ1v) is 53.9. The molecule has 796 valence electrons. The Balaban J connectivity index is 0.000000220. The Morgan fingerprint density at radius 2 is 0.886 bits per heavy atom. The molecule has 0 bridgehead atoms. The Bertz CT molecular complexity index is 6440. The number of nitrogens with zero attached hydrogens (tertiary/aromatic N) is 10. The highest BCUT2D eigenvalue weighted by Crippen LogP contribution is 2.38. The molecule has 0 spiro atoms. The minimum Gasteiger partial charge on any atom is -0.483 e. The molecule has 1 saturated carbocycles. The van der Waals surface area contributed by atoms with Crippen molar-refractivity contribution in [2.75, 3.05) is 122 Å². The summed E-state index contributed by atoms with van der Waals surface area (Å²) in [6.45, 7) is 22.7. The van der Waals surface area contributed by atoms with E-state index >= 15 is 0 Å². The van der Waals surface area contributed by atoms with Gasteiger partial charge in [-0.15, -0.1) is 0 Å². The minimum absolute atomic E-state index is 0.0123. The zero-order chi connectivity index (χ0) is 107. The zero-order valence-corrected chi connectivity index (χ0v) is 87.5. The Morgan fingerprint density at radius 1 is 0.463 bits per heavy atom. The highest BCUT2D eigenvalue weighted by atomic mass is 32.2. The summed E-state index contributed by atoms with van der Waals surface area (Å²) in [6.07, 6.45) is 17.0. The number of imide groups is 3. The summed E-state index contributed by atoms with van der Waals surface area (Å²) in [5.41, 5.74) is 5.64. The predicted octanol–water partition coefficient (Wildman–Crippen LogP) is 12.7. The molecule has 4 fully saturated rings. The fourth-order valence-electron chi connectivity index (χ4n) is 17.7. The van der Waals surface area contributed by atoms with Crippen molar-refractivity contribution in [1.82, 2.24) is 65.5 Å². The molecule has 1 aliphatic carbocycles. The smallest absolute Gasteiger partial charge is 0.303 e. The number of carbonyl (C=O) groups excluding carboxylic acids is 13. The number of ketones is 2. The number of carboxylic acid groups (broad SMARTS) is 1. The molecule has 2 atom stereocenters. The average molecular weight is 2090 g/mol. The number of anilines is 10. The van der Waals surface area contributed by atoms with E-state index in [4.69, 9.17) is 14.6 Å². The van der Waals surface area contributed by atoms with Crippen molar-refractivity contribution in [3.05, 3.63) is 179 Å².